The van der Waals surface area contributed by atoms with E-state index in [4.69, 9.17) is 63.7 Å². The van der Waals surface area contributed by atoms with Gasteiger partial charge in [-0.3, -0.25) is 9.59 Å². The molecule has 3 aromatic carbocycles. The third-order valence-corrected chi connectivity index (χ3v) is 7.49. The molecule has 34 heavy (non-hydrogen) atoms. The Morgan fingerprint density at radius 3 is 2.18 bits per heavy atom. The van der Waals surface area contributed by atoms with Crippen molar-refractivity contribution in [2.24, 2.45) is 5.73 Å². The van der Waals surface area contributed by atoms with Crippen LogP contribution in [0.3, 0.4) is 0 Å². The molecule has 4 nitrogen and oxygen atoms in total. The first-order valence-corrected chi connectivity index (χ1v) is 11.5. The van der Waals surface area contributed by atoms with Crippen LogP contribution < -0.4 is 11.1 Å². The quantitative estimate of drug-likeness (QED) is 0.332. The van der Waals surface area contributed by atoms with E-state index in [0.29, 0.717) is 15.6 Å². The van der Waals surface area contributed by atoms with Crippen LogP contribution >= 0.6 is 58.0 Å². The van der Waals surface area contributed by atoms with Gasteiger partial charge in [-0.15, -0.1) is 0 Å². The number of hydrogen-bond acceptors (Lipinski definition) is 2. The summed E-state index contributed by atoms with van der Waals surface area (Å²) in [4.78, 5) is 25.3. The zero-order chi connectivity index (χ0) is 25.0. The summed E-state index contributed by atoms with van der Waals surface area (Å²) in [7, 11) is 0. The molecule has 0 aliphatic heterocycles. The van der Waals surface area contributed by atoms with E-state index in [1.807, 2.05) is 0 Å². The second kappa shape index (κ2) is 8.85. The van der Waals surface area contributed by atoms with Gasteiger partial charge in [-0.1, -0.05) is 64.1 Å². The number of hydrogen-bond donors (Lipinski definition) is 2. The van der Waals surface area contributed by atoms with Crippen LogP contribution in [0, 0.1) is 11.6 Å². The molecule has 0 heterocycles. The summed E-state index contributed by atoms with van der Waals surface area (Å²) < 4.78 is 25.9. The van der Waals surface area contributed by atoms with E-state index in [1.54, 1.807) is 12.1 Å². The second-order valence-corrected chi connectivity index (χ2v) is 10.4. The minimum Gasteiger partial charge on any atom is -0.369 e. The van der Waals surface area contributed by atoms with Crippen LogP contribution in [-0.4, -0.2) is 16.1 Å². The molecule has 176 valence electrons. The van der Waals surface area contributed by atoms with Gasteiger partial charge in [0.05, 0.1) is 16.3 Å². The van der Waals surface area contributed by atoms with Crippen molar-refractivity contribution in [1.82, 2.24) is 0 Å². The average molecular weight is 565 g/mol. The van der Waals surface area contributed by atoms with Crippen molar-refractivity contribution in [3.05, 3.63) is 98.0 Å². The molecule has 0 radical (unpaired) electrons. The van der Waals surface area contributed by atoms with Gasteiger partial charge < -0.3 is 11.1 Å². The van der Waals surface area contributed by atoms with Gasteiger partial charge in [-0.2, -0.15) is 0 Å². The number of halogens is 7. The minimum atomic E-state index is -1.68. The normalized spacial score (nSPS) is 20.6. The Balaban J connectivity index is 1.77. The number of anilines is 1. The lowest BCUT2D eigenvalue weighted by Crippen LogP contribution is -2.34. The van der Waals surface area contributed by atoms with Crippen molar-refractivity contribution < 1.29 is 18.4 Å². The van der Waals surface area contributed by atoms with Crippen molar-refractivity contribution in [3.63, 3.8) is 0 Å². The SMILES string of the molecule is NC(=O)C1(c2ccc(Cl)c(NC(=O)c3cc(F)ccc3F)c2)C(c2cc(Cl)cc(Cl)c2)C1(Cl)Cl. The fraction of sp³-hybridized carbons (Fsp3) is 0.130. The van der Waals surface area contributed by atoms with Crippen molar-refractivity contribution >= 4 is 75.5 Å². The monoisotopic (exact) mass is 562 g/mol. The molecule has 1 aliphatic rings. The maximum Gasteiger partial charge on any atom is 0.258 e. The average Bonchev–Trinajstić information content (AvgIpc) is 3.28. The van der Waals surface area contributed by atoms with Gasteiger partial charge in [-0.05, 0) is 59.7 Å². The second-order valence-electron chi connectivity index (χ2n) is 7.70. The maximum atomic E-state index is 14.0. The number of alkyl halides is 2. The van der Waals surface area contributed by atoms with E-state index in [9.17, 15) is 18.4 Å². The van der Waals surface area contributed by atoms with Gasteiger partial charge >= 0.3 is 0 Å². The molecule has 2 amide bonds. The lowest BCUT2D eigenvalue weighted by Gasteiger charge is -2.18. The predicted octanol–water partition coefficient (Wildman–Crippen LogP) is 6.87. The number of nitrogens with two attached hydrogens (primary N) is 1. The number of carbonyl (C=O) groups excluding carboxylic acids is 2. The molecule has 3 aromatic rings. The van der Waals surface area contributed by atoms with Crippen LogP contribution in [0.5, 0.6) is 0 Å². The number of carbonyl (C=O) groups is 2. The molecular formula is C23H13Cl5F2N2O2. The van der Waals surface area contributed by atoms with E-state index in [0.717, 1.165) is 18.2 Å². The Bertz CT molecular complexity index is 1330. The lowest BCUT2D eigenvalue weighted by molar-refractivity contribution is -0.120. The molecular weight excluding hydrogens is 552 g/mol. The van der Waals surface area contributed by atoms with Crippen LogP contribution in [0.25, 0.3) is 0 Å². The van der Waals surface area contributed by atoms with Gasteiger partial charge in [0.15, 0.2) is 0 Å². The predicted molar refractivity (Wildman–Crippen MR) is 130 cm³/mol. The fourth-order valence-electron chi connectivity index (χ4n) is 4.14. The van der Waals surface area contributed by atoms with E-state index in [1.165, 1.54) is 24.3 Å². The summed E-state index contributed by atoms with van der Waals surface area (Å²) in [5.74, 6) is -4.35. The Kier molecular flexibility index (Phi) is 6.51. The minimum absolute atomic E-state index is 0.00682. The highest BCUT2D eigenvalue weighted by Crippen LogP contribution is 2.74. The number of primary amides is 1. The number of amides is 2. The first-order chi connectivity index (χ1) is 15.9. The molecule has 0 bridgehead atoms. The summed E-state index contributed by atoms with van der Waals surface area (Å²) in [6, 6.07) is 11.3. The summed E-state index contributed by atoms with van der Waals surface area (Å²) >= 11 is 31.6. The van der Waals surface area contributed by atoms with Gasteiger partial charge in [0.1, 0.15) is 21.4 Å². The van der Waals surface area contributed by atoms with Crippen LogP contribution in [0.1, 0.15) is 27.4 Å². The summed E-state index contributed by atoms with van der Waals surface area (Å²) in [6.07, 6.45) is 0. The van der Waals surface area contributed by atoms with E-state index in [-0.39, 0.29) is 16.3 Å². The standard InChI is InChI=1S/C23H13Cl5F2N2O2/c24-12-5-10(6-13(25)8-12)19-22(21(31)34,23(19,27)28)11-1-3-16(26)18(7-11)32-20(33)15-9-14(29)2-4-17(15)30/h1-9,19H,(H2,31,34)(H,32,33). The van der Waals surface area contributed by atoms with E-state index < -0.39 is 44.7 Å². The maximum absolute atomic E-state index is 14.0. The molecule has 0 aromatic heterocycles. The van der Waals surface area contributed by atoms with Gasteiger partial charge in [0.2, 0.25) is 5.91 Å². The Labute approximate surface area is 217 Å². The number of rotatable bonds is 5. The van der Waals surface area contributed by atoms with Crippen LogP contribution in [0.15, 0.2) is 54.6 Å². The van der Waals surface area contributed by atoms with Gasteiger partial charge in [0, 0.05) is 16.0 Å². The molecule has 0 saturated heterocycles. The van der Waals surface area contributed by atoms with Crippen molar-refractivity contribution in [3.8, 4) is 0 Å². The molecule has 3 N–H and O–H groups in total. The highest BCUT2D eigenvalue weighted by atomic mass is 35.5. The topological polar surface area (TPSA) is 72.2 Å². The van der Waals surface area contributed by atoms with Crippen molar-refractivity contribution in [2.45, 2.75) is 15.7 Å². The van der Waals surface area contributed by atoms with E-state index >= 15 is 0 Å². The van der Waals surface area contributed by atoms with Crippen molar-refractivity contribution in [1.29, 1.82) is 0 Å². The van der Waals surface area contributed by atoms with Crippen LogP contribution in [-0.2, 0) is 10.2 Å². The molecule has 4 rings (SSSR count). The first kappa shape index (κ1) is 25.0. The first-order valence-electron chi connectivity index (χ1n) is 9.59. The third kappa shape index (κ3) is 4.01. The molecule has 1 saturated carbocycles. The highest BCUT2D eigenvalue weighted by Gasteiger charge is 2.80. The Hall–Kier alpha value is -2.09. The highest BCUT2D eigenvalue weighted by molar-refractivity contribution is 6.55. The number of benzene rings is 3. The van der Waals surface area contributed by atoms with Crippen molar-refractivity contribution in [2.75, 3.05) is 5.32 Å². The summed E-state index contributed by atoms with van der Waals surface area (Å²) in [5.41, 5.74) is 4.34. The molecule has 2 atom stereocenters. The molecule has 1 aliphatic carbocycles. The molecule has 11 heteroatoms. The Morgan fingerprint density at radius 1 is 0.912 bits per heavy atom. The largest absolute Gasteiger partial charge is 0.369 e. The summed E-state index contributed by atoms with van der Waals surface area (Å²) in [6.45, 7) is 0. The smallest absolute Gasteiger partial charge is 0.258 e. The summed E-state index contributed by atoms with van der Waals surface area (Å²) in [5, 5.41) is 3.08. The van der Waals surface area contributed by atoms with Gasteiger partial charge in [-0.25, -0.2) is 8.78 Å². The molecule has 2 unspecified atom stereocenters. The molecule has 0 spiro atoms. The Morgan fingerprint density at radius 2 is 1.56 bits per heavy atom. The number of nitrogens with one attached hydrogen (secondary N) is 1. The van der Waals surface area contributed by atoms with Gasteiger partial charge in [0.25, 0.3) is 5.91 Å². The van der Waals surface area contributed by atoms with E-state index in [2.05, 4.69) is 5.32 Å². The third-order valence-electron chi connectivity index (χ3n) is 5.69. The molecule has 1 fully saturated rings. The lowest BCUT2D eigenvalue weighted by atomic mass is 9.89. The fourth-order valence-corrected chi connectivity index (χ4v) is 5.94. The van der Waals surface area contributed by atoms with Crippen LogP contribution in [0.2, 0.25) is 15.1 Å². The zero-order valence-corrected chi connectivity index (χ0v) is 20.6. The zero-order valence-electron chi connectivity index (χ0n) is 16.8. The van der Waals surface area contributed by atoms with Crippen LogP contribution in [0.4, 0.5) is 14.5 Å².